The number of rotatable bonds is 2. The van der Waals surface area contributed by atoms with Crippen LogP contribution in [0.3, 0.4) is 0 Å². The second-order valence-corrected chi connectivity index (χ2v) is 7.70. The van der Waals surface area contributed by atoms with Crippen LogP contribution in [0.1, 0.15) is 43.5 Å². The maximum absolute atomic E-state index is 12.4. The highest BCUT2D eigenvalue weighted by Gasteiger charge is 2.59. The van der Waals surface area contributed by atoms with E-state index in [-0.39, 0.29) is 29.3 Å². The van der Waals surface area contributed by atoms with Crippen molar-refractivity contribution in [1.82, 2.24) is 0 Å². The molecule has 0 unspecified atom stereocenters. The topological polar surface area (TPSA) is 65.7 Å². The third kappa shape index (κ3) is 2.44. The highest BCUT2D eigenvalue weighted by atomic mass is 16.6. The lowest BCUT2D eigenvalue weighted by Crippen LogP contribution is -2.52. The molecular weight excluding hydrogens is 320 g/mol. The first kappa shape index (κ1) is 16.2. The molecule has 3 aliphatic rings. The molecule has 0 bridgehead atoms. The van der Waals surface area contributed by atoms with Gasteiger partial charge in [-0.2, -0.15) is 0 Å². The summed E-state index contributed by atoms with van der Waals surface area (Å²) in [6, 6.07) is 1.58. The minimum Gasteiger partial charge on any atom is -0.472 e. The molecule has 0 amide bonds. The number of carbonyl (C=O) groups is 2. The van der Waals surface area contributed by atoms with Crippen LogP contribution in [0, 0.1) is 17.3 Å². The molecule has 4 rings (SSSR count). The second kappa shape index (κ2) is 5.61. The van der Waals surface area contributed by atoms with Crippen LogP contribution in [0.15, 0.2) is 46.8 Å². The predicted molar refractivity (Wildman–Crippen MR) is 89.6 cm³/mol. The lowest BCUT2D eigenvalue weighted by Gasteiger charge is -2.51. The van der Waals surface area contributed by atoms with E-state index in [9.17, 15) is 9.59 Å². The molecule has 1 aliphatic heterocycles. The van der Waals surface area contributed by atoms with Gasteiger partial charge in [0.1, 0.15) is 18.5 Å². The van der Waals surface area contributed by atoms with Gasteiger partial charge in [-0.25, -0.2) is 9.59 Å². The molecule has 0 N–H and O–H groups in total. The first-order chi connectivity index (χ1) is 11.9. The molecule has 5 atom stereocenters. The Kier molecular flexibility index (Phi) is 3.63. The van der Waals surface area contributed by atoms with E-state index in [0.29, 0.717) is 17.6 Å². The number of hydrogen-bond donors (Lipinski definition) is 0. The van der Waals surface area contributed by atoms with Gasteiger partial charge in [0.05, 0.1) is 17.7 Å². The molecule has 5 heteroatoms. The highest BCUT2D eigenvalue weighted by Crippen LogP contribution is 2.56. The first-order valence-corrected chi connectivity index (χ1v) is 8.70. The SMILES string of the molecule is C=C1C(=O)O[C@@H]2[C@H]1[C@H](OC(=O)c1ccoc1)C[C@]1(C)CCC=C(C)[C@@H]21. The summed E-state index contributed by atoms with van der Waals surface area (Å²) < 4.78 is 16.5. The van der Waals surface area contributed by atoms with Crippen molar-refractivity contribution >= 4 is 11.9 Å². The lowest BCUT2D eigenvalue weighted by molar-refractivity contribution is -0.148. The highest BCUT2D eigenvalue weighted by molar-refractivity contribution is 5.92. The van der Waals surface area contributed by atoms with E-state index >= 15 is 0 Å². The van der Waals surface area contributed by atoms with Gasteiger partial charge in [-0.1, -0.05) is 25.2 Å². The summed E-state index contributed by atoms with van der Waals surface area (Å²) >= 11 is 0. The fraction of sp³-hybridized carbons (Fsp3) is 0.500. The molecule has 132 valence electrons. The second-order valence-electron chi connectivity index (χ2n) is 7.70. The number of furan rings is 1. The minimum absolute atomic E-state index is 0.0633. The molecule has 25 heavy (non-hydrogen) atoms. The average Bonchev–Trinajstić information content (AvgIpc) is 3.16. The standard InChI is InChI=1S/C20H22O5/c1-11-5-4-7-20(3)9-14(24-19(22)13-6-8-23-10-13)15-12(2)18(21)25-17(15)16(11)20/h5-6,8,10,14-17H,2,4,7,9H2,1,3H3/t14-,15-,16+,17-,20+/m1/s1. The van der Waals surface area contributed by atoms with E-state index < -0.39 is 12.1 Å². The van der Waals surface area contributed by atoms with Crippen molar-refractivity contribution in [3.05, 3.63) is 48.0 Å². The molecule has 5 nitrogen and oxygen atoms in total. The quantitative estimate of drug-likeness (QED) is 0.466. The number of hydrogen-bond acceptors (Lipinski definition) is 5. The van der Waals surface area contributed by atoms with Crippen LogP contribution in [-0.4, -0.2) is 24.1 Å². The van der Waals surface area contributed by atoms with Crippen LogP contribution < -0.4 is 0 Å². The van der Waals surface area contributed by atoms with E-state index in [1.54, 1.807) is 6.07 Å². The van der Waals surface area contributed by atoms with Crippen LogP contribution in [0.4, 0.5) is 0 Å². The number of allylic oxidation sites excluding steroid dienone is 1. The molecular formula is C20H22O5. The van der Waals surface area contributed by atoms with Gasteiger partial charge in [0, 0.05) is 11.5 Å². The van der Waals surface area contributed by atoms with Crippen LogP contribution in [0.5, 0.6) is 0 Å². The molecule has 2 aliphatic carbocycles. The monoisotopic (exact) mass is 342 g/mol. The van der Waals surface area contributed by atoms with Crippen LogP contribution in [-0.2, 0) is 14.3 Å². The average molecular weight is 342 g/mol. The van der Waals surface area contributed by atoms with Gasteiger partial charge in [0.15, 0.2) is 0 Å². The Balaban J connectivity index is 1.68. The van der Waals surface area contributed by atoms with E-state index in [0.717, 1.165) is 12.8 Å². The van der Waals surface area contributed by atoms with Crippen molar-refractivity contribution in [3.63, 3.8) is 0 Å². The Bertz CT molecular complexity index is 759. The first-order valence-electron chi connectivity index (χ1n) is 8.70. The summed E-state index contributed by atoms with van der Waals surface area (Å²) in [7, 11) is 0. The fourth-order valence-electron chi connectivity index (χ4n) is 4.95. The van der Waals surface area contributed by atoms with E-state index in [1.807, 2.05) is 0 Å². The van der Waals surface area contributed by atoms with Crippen LogP contribution in [0.2, 0.25) is 0 Å². The normalized spacial score (nSPS) is 37.0. The van der Waals surface area contributed by atoms with Gasteiger partial charge >= 0.3 is 11.9 Å². The Morgan fingerprint density at radius 2 is 2.24 bits per heavy atom. The van der Waals surface area contributed by atoms with E-state index in [4.69, 9.17) is 13.9 Å². The molecule has 0 radical (unpaired) electrons. The minimum atomic E-state index is -0.435. The summed E-state index contributed by atoms with van der Waals surface area (Å²) in [5, 5.41) is 0. The summed E-state index contributed by atoms with van der Waals surface area (Å²) in [4.78, 5) is 24.6. The Morgan fingerprint density at radius 1 is 1.44 bits per heavy atom. The van der Waals surface area contributed by atoms with Gasteiger partial charge < -0.3 is 13.9 Å². The van der Waals surface area contributed by atoms with Gasteiger partial charge in [0.25, 0.3) is 0 Å². The number of esters is 2. The zero-order valence-electron chi connectivity index (χ0n) is 14.5. The number of carbonyl (C=O) groups excluding carboxylic acids is 2. The zero-order valence-corrected chi connectivity index (χ0v) is 14.5. The number of fused-ring (bicyclic) bond motifs is 3. The van der Waals surface area contributed by atoms with Crippen molar-refractivity contribution in [1.29, 1.82) is 0 Å². The summed E-state index contributed by atoms with van der Waals surface area (Å²) in [6.45, 7) is 8.23. The molecule has 2 heterocycles. The van der Waals surface area contributed by atoms with Gasteiger partial charge in [-0.05, 0) is 37.7 Å². The Hall–Kier alpha value is -2.30. The fourth-order valence-corrected chi connectivity index (χ4v) is 4.95. The number of ether oxygens (including phenoxy) is 2. The van der Waals surface area contributed by atoms with Crippen molar-refractivity contribution in [2.75, 3.05) is 0 Å². The maximum Gasteiger partial charge on any atom is 0.341 e. The molecule has 1 saturated heterocycles. The smallest absolute Gasteiger partial charge is 0.341 e. The summed E-state index contributed by atoms with van der Waals surface area (Å²) in [6.07, 6.45) is 6.99. The predicted octanol–water partition coefficient (Wildman–Crippen LogP) is 3.67. The van der Waals surface area contributed by atoms with Gasteiger partial charge in [-0.15, -0.1) is 0 Å². The van der Waals surface area contributed by atoms with E-state index in [2.05, 4.69) is 26.5 Å². The molecule has 1 aromatic heterocycles. The third-order valence-electron chi connectivity index (χ3n) is 6.10. The van der Waals surface area contributed by atoms with Crippen molar-refractivity contribution in [3.8, 4) is 0 Å². The summed E-state index contributed by atoms with van der Waals surface area (Å²) in [5.41, 5.74) is 1.98. The Morgan fingerprint density at radius 3 is 2.96 bits per heavy atom. The van der Waals surface area contributed by atoms with Gasteiger partial charge in [0.2, 0.25) is 0 Å². The molecule has 0 spiro atoms. The van der Waals surface area contributed by atoms with Crippen molar-refractivity contribution in [2.24, 2.45) is 17.3 Å². The molecule has 2 fully saturated rings. The third-order valence-corrected chi connectivity index (χ3v) is 6.10. The molecule has 1 saturated carbocycles. The summed E-state index contributed by atoms with van der Waals surface area (Å²) in [5.74, 6) is -0.946. The zero-order chi connectivity index (χ0) is 17.8. The molecule has 0 aromatic carbocycles. The lowest BCUT2D eigenvalue weighted by atomic mass is 9.55. The van der Waals surface area contributed by atoms with Crippen LogP contribution in [0.25, 0.3) is 0 Å². The molecule has 1 aromatic rings. The maximum atomic E-state index is 12.4. The van der Waals surface area contributed by atoms with E-state index in [1.165, 1.54) is 18.1 Å². The largest absolute Gasteiger partial charge is 0.472 e. The van der Waals surface area contributed by atoms with Crippen molar-refractivity contribution < 1.29 is 23.5 Å². The Labute approximate surface area is 146 Å². The van der Waals surface area contributed by atoms with Gasteiger partial charge in [-0.3, -0.25) is 0 Å². The van der Waals surface area contributed by atoms with Crippen LogP contribution >= 0.6 is 0 Å². The van der Waals surface area contributed by atoms with Crippen molar-refractivity contribution in [2.45, 2.75) is 45.3 Å².